The minimum Gasteiger partial charge on any atom is -0.449 e. The Hall–Kier alpha value is -0.530. The maximum absolute atomic E-state index is 11.6. The second-order valence-corrected chi connectivity index (χ2v) is 6.07. The number of halogens is 1. The van der Waals surface area contributed by atoms with E-state index in [1.807, 2.05) is 0 Å². The van der Waals surface area contributed by atoms with Gasteiger partial charge in [-0.2, -0.15) is 13.1 Å². The molecule has 0 aromatic rings. The number of alkyl halides is 1. The van der Waals surface area contributed by atoms with Gasteiger partial charge in [-0.1, -0.05) is 0 Å². The predicted octanol–water partition coefficient (Wildman–Crippen LogP) is 1.36. The zero-order valence-electron chi connectivity index (χ0n) is 10.3. The summed E-state index contributed by atoms with van der Waals surface area (Å²) in [5.41, 5.74) is 0. The molecule has 1 amide bonds. The van der Waals surface area contributed by atoms with E-state index in [9.17, 15) is 13.2 Å². The molecule has 0 aromatic heterocycles. The number of rotatable bonds is 5. The van der Waals surface area contributed by atoms with Gasteiger partial charge in [0.15, 0.2) is 0 Å². The maximum Gasteiger partial charge on any atom is 0.421 e. The van der Waals surface area contributed by atoms with Gasteiger partial charge in [-0.25, -0.2) is 9.52 Å². The number of carbonyl (C=O) groups excluding carboxylic acids is 1. The van der Waals surface area contributed by atoms with Crippen molar-refractivity contribution < 1.29 is 17.9 Å². The summed E-state index contributed by atoms with van der Waals surface area (Å²) in [6, 6.07) is -0.142. The van der Waals surface area contributed by atoms with E-state index >= 15 is 0 Å². The topological polar surface area (TPSA) is 84.5 Å². The van der Waals surface area contributed by atoms with Crippen molar-refractivity contribution >= 4 is 27.9 Å². The van der Waals surface area contributed by atoms with Crippen LogP contribution >= 0.6 is 11.6 Å². The molecule has 1 saturated carbocycles. The molecular weight excluding hydrogens is 280 g/mol. The first kappa shape index (κ1) is 15.5. The molecule has 0 aliphatic heterocycles. The van der Waals surface area contributed by atoms with Crippen LogP contribution in [0.4, 0.5) is 4.79 Å². The molecule has 1 aliphatic carbocycles. The van der Waals surface area contributed by atoms with Gasteiger partial charge >= 0.3 is 16.3 Å². The highest BCUT2D eigenvalue weighted by atomic mass is 35.5. The quantitative estimate of drug-likeness (QED) is 0.751. The molecule has 8 heteroatoms. The molecule has 1 fully saturated rings. The number of ether oxygens (including phenoxy) is 1. The van der Waals surface area contributed by atoms with Gasteiger partial charge in [-0.3, -0.25) is 0 Å². The van der Waals surface area contributed by atoms with E-state index < -0.39 is 16.3 Å². The summed E-state index contributed by atoms with van der Waals surface area (Å²) in [7, 11) is -3.83. The predicted molar refractivity (Wildman–Crippen MR) is 68.7 cm³/mol. The van der Waals surface area contributed by atoms with Crippen LogP contribution in [0.25, 0.3) is 0 Å². The van der Waals surface area contributed by atoms with Crippen molar-refractivity contribution in [1.29, 1.82) is 0 Å². The molecule has 18 heavy (non-hydrogen) atoms. The number of hydrogen-bond donors (Lipinski definition) is 2. The standard InChI is InChI=1S/C10H19ClN2O4S/c1-2-17-10(14)13-18(15,16)12-9-5-3-8(7-11)4-6-9/h8-9,12H,2-7H2,1H3,(H,13,14). The van der Waals surface area contributed by atoms with Gasteiger partial charge in [-0.05, 0) is 38.5 Å². The maximum atomic E-state index is 11.6. The van der Waals surface area contributed by atoms with Gasteiger partial charge in [0.1, 0.15) is 0 Å². The fourth-order valence-electron chi connectivity index (χ4n) is 1.95. The minimum atomic E-state index is -3.83. The van der Waals surface area contributed by atoms with E-state index in [2.05, 4.69) is 9.46 Å². The van der Waals surface area contributed by atoms with Crippen LogP contribution < -0.4 is 9.44 Å². The van der Waals surface area contributed by atoms with E-state index in [1.54, 1.807) is 11.6 Å². The van der Waals surface area contributed by atoms with E-state index in [-0.39, 0.29) is 12.6 Å². The molecule has 0 aromatic carbocycles. The first-order chi connectivity index (χ1) is 8.46. The summed E-state index contributed by atoms with van der Waals surface area (Å²) in [5, 5.41) is 0. The highest BCUT2D eigenvalue weighted by Gasteiger charge is 2.25. The molecule has 0 bridgehead atoms. The fourth-order valence-corrected chi connectivity index (χ4v) is 3.27. The third-order valence-corrected chi connectivity index (χ3v) is 4.40. The second kappa shape index (κ2) is 7.16. The van der Waals surface area contributed by atoms with Crippen LogP contribution in [0.3, 0.4) is 0 Å². The SMILES string of the molecule is CCOC(=O)NS(=O)(=O)NC1CCC(CCl)CC1. The highest BCUT2D eigenvalue weighted by molar-refractivity contribution is 7.88. The van der Waals surface area contributed by atoms with Gasteiger partial charge < -0.3 is 4.74 Å². The van der Waals surface area contributed by atoms with Crippen LogP contribution in [0.2, 0.25) is 0 Å². The minimum absolute atomic E-state index is 0.127. The molecule has 0 atom stereocenters. The Balaban J connectivity index is 2.39. The zero-order valence-corrected chi connectivity index (χ0v) is 11.9. The van der Waals surface area contributed by atoms with E-state index in [1.165, 1.54) is 0 Å². The van der Waals surface area contributed by atoms with Crippen LogP contribution in [0.5, 0.6) is 0 Å². The van der Waals surface area contributed by atoms with Crippen LogP contribution in [0, 0.1) is 5.92 Å². The Labute approximate surface area is 113 Å². The number of carbonyl (C=O) groups is 1. The summed E-state index contributed by atoms with van der Waals surface area (Å²) in [6.07, 6.45) is 2.31. The van der Waals surface area contributed by atoms with E-state index in [0.29, 0.717) is 11.8 Å². The largest absolute Gasteiger partial charge is 0.449 e. The first-order valence-corrected chi connectivity index (χ1v) is 8.01. The molecule has 2 N–H and O–H groups in total. The average molecular weight is 299 g/mol. The Morgan fingerprint density at radius 2 is 1.94 bits per heavy atom. The molecule has 0 saturated heterocycles. The molecule has 1 aliphatic rings. The van der Waals surface area contributed by atoms with Crippen LogP contribution in [-0.2, 0) is 14.9 Å². The summed E-state index contributed by atoms with van der Waals surface area (Å²) in [4.78, 5) is 11.0. The Kier molecular flexibility index (Phi) is 6.17. The molecule has 106 valence electrons. The van der Waals surface area contributed by atoms with Crippen LogP contribution in [0.15, 0.2) is 0 Å². The van der Waals surface area contributed by atoms with Gasteiger partial charge in [0.25, 0.3) is 0 Å². The highest BCUT2D eigenvalue weighted by Crippen LogP contribution is 2.25. The van der Waals surface area contributed by atoms with E-state index in [4.69, 9.17) is 11.6 Å². The van der Waals surface area contributed by atoms with Crippen LogP contribution in [0.1, 0.15) is 32.6 Å². The molecular formula is C10H19ClN2O4S. The lowest BCUT2D eigenvalue weighted by Crippen LogP contribution is -2.46. The Morgan fingerprint density at radius 1 is 1.33 bits per heavy atom. The number of nitrogens with one attached hydrogen (secondary N) is 2. The number of amides is 1. The lowest BCUT2D eigenvalue weighted by molar-refractivity contribution is 0.158. The third-order valence-electron chi connectivity index (χ3n) is 2.88. The van der Waals surface area contributed by atoms with E-state index in [0.717, 1.165) is 25.7 Å². The van der Waals surface area contributed by atoms with Crippen LogP contribution in [-0.4, -0.2) is 33.0 Å². The summed E-state index contributed by atoms with van der Waals surface area (Å²) >= 11 is 5.75. The molecule has 0 radical (unpaired) electrons. The zero-order chi connectivity index (χ0) is 13.6. The van der Waals surface area contributed by atoms with Crippen molar-refractivity contribution in [2.24, 2.45) is 5.92 Å². The van der Waals surface area contributed by atoms with Gasteiger partial charge in [-0.15, -0.1) is 11.6 Å². The molecule has 1 rings (SSSR count). The summed E-state index contributed by atoms with van der Waals surface area (Å²) < 4.78 is 31.9. The molecule has 0 heterocycles. The third kappa shape index (κ3) is 5.41. The Bertz CT molecular complexity index is 366. The molecule has 6 nitrogen and oxygen atoms in total. The molecule has 0 spiro atoms. The van der Waals surface area contributed by atoms with Crippen molar-refractivity contribution in [3.8, 4) is 0 Å². The van der Waals surface area contributed by atoms with Gasteiger partial charge in [0, 0.05) is 11.9 Å². The summed E-state index contributed by atoms with van der Waals surface area (Å²) in [5.74, 6) is 1.08. The monoisotopic (exact) mass is 298 g/mol. The van der Waals surface area contributed by atoms with Crippen molar-refractivity contribution in [3.05, 3.63) is 0 Å². The summed E-state index contributed by atoms with van der Waals surface area (Å²) in [6.45, 7) is 1.73. The van der Waals surface area contributed by atoms with Crippen molar-refractivity contribution in [3.63, 3.8) is 0 Å². The first-order valence-electron chi connectivity index (χ1n) is 5.99. The smallest absolute Gasteiger partial charge is 0.421 e. The lowest BCUT2D eigenvalue weighted by Gasteiger charge is -2.27. The van der Waals surface area contributed by atoms with Gasteiger partial charge in [0.05, 0.1) is 6.61 Å². The van der Waals surface area contributed by atoms with Gasteiger partial charge in [0.2, 0.25) is 0 Å². The lowest BCUT2D eigenvalue weighted by atomic mass is 9.88. The van der Waals surface area contributed by atoms with Crippen molar-refractivity contribution in [2.75, 3.05) is 12.5 Å². The van der Waals surface area contributed by atoms with Crippen molar-refractivity contribution in [1.82, 2.24) is 9.44 Å². The number of hydrogen-bond acceptors (Lipinski definition) is 4. The fraction of sp³-hybridized carbons (Fsp3) is 0.900. The normalized spacial score (nSPS) is 24.6. The Morgan fingerprint density at radius 3 is 2.44 bits per heavy atom. The van der Waals surface area contributed by atoms with Crippen molar-refractivity contribution in [2.45, 2.75) is 38.6 Å². The average Bonchev–Trinajstić information content (AvgIpc) is 2.29. The molecule has 0 unspecified atom stereocenters. The second-order valence-electron chi connectivity index (χ2n) is 4.32.